The van der Waals surface area contributed by atoms with Gasteiger partial charge in [-0.15, -0.1) is 0 Å². The largest absolute Gasteiger partial charge is 0.388 e. The van der Waals surface area contributed by atoms with Crippen molar-refractivity contribution in [3.05, 3.63) is 64.9 Å². The van der Waals surface area contributed by atoms with Crippen LogP contribution in [0.3, 0.4) is 0 Å². The molecule has 0 saturated carbocycles. The van der Waals surface area contributed by atoms with Crippen LogP contribution in [-0.4, -0.2) is 28.1 Å². The Morgan fingerprint density at radius 1 is 1.09 bits per heavy atom. The smallest absolute Gasteiger partial charge is 0.0819 e. The van der Waals surface area contributed by atoms with E-state index in [1.807, 2.05) is 36.7 Å². The van der Waals surface area contributed by atoms with Crippen molar-refractivity contribution in [3.63, 3.8) is 0 Å². The topological polar surface area (TPSA) is 36.4 Å². The SMILES string of the molecule is O[C@H](c1ccc(Cl)cc1)C1CCN(Cc2ccncc2)CC1. The molecule has 0 aliphatic carbocycles. The highest BCUT2D eigenvalue weighted by atomic mass is 35.5. The van der Waals surface area contributed by atoms with Crippen LogP contribution in [0.15, 0.2) is 48.8 Å². The molecule has 3 rings (SSSR count). The van der Waals surface area contributed by atoms with E-state index in [0.29, 0.717) is 10.9 Å². The molecule has 0 bridgehead atoms. The van der Waals surface area contributed by atoms with Gasteiger partial charge in [0.2, 0.25) is 0 Å². The number of rotatable bonds is 4. The summed E-state index contributed by atoms with van der Waals surface area (Å²) in [5.74, 6) is 0.329. The second kappa shape index (κ2) is 7.23. The Morgan fingerprint density at radius 3 is 2.36 bits per heavy atom. The van der Waals surface area contributed by atoms with Crippen LogP contribution < -0.4 is 0 Å². The van der Waals surface area contributed by atoms with Gasteiger partial charge in [0.15, 0.2) is 0 Å². The fourth-order valence-corrected chi connectivity index (χ4v) is 3.23. The van der Waals surface area contributed by atoms with Gasteiger partial charge in [0.1, 0.15) is 0 Å². The molecule has 1 saturated heterocycles. The van der Waals surface area contributed by atoms with Gasteiger partial charge in [0, 0.05) is 24.0 Å². The predicted octanol–water partition coefficient (Wildman–Crippen LogP) is 3.68. The number of likely N-dealkylation sites (tertiary alicyclic amines) is 1. The first-order valence-corrected chi connectivity index (χ1v) is 8.15. The standard InChI is InChI=1S/C18H21ClN2O/c19-17-3-1-15(2-4-17)18(22)16-7-11-21(12-8-16)13-14-5-9-20-10-6-14/h1-6,9-10,16,18,22H,7-8,11-13H2/t18-/m1/s1. The highest BCUT2D eigenvalue weighted by Gasteiger charge is 2.26. The molecule has 1 aromatic heterocycles. The van der Waals surface area contributed by atoms with Crippen molar-refractivity contribution in [3.8, 4) is 0 Å². The molecular weight excluding hydrogens is 296 g/mol. The first-order chi connectivity index (χ1) is 10.7. The summed E-state index contributed by atoms with van der Waals surface area (Å²) in [6, 6.07) is 11.7. The molecule has 22 heavy (non-hydrogen) atoms. The monoisotopic (exact) mass is 316 g/mol. The van der Waals surface area contributed by atoms with Gasteiger partial charge in [0.05, 0.1) is 6.10 Å². The molecule has 1 aliphatic rings. The Morgan fingerprint density at radius 2 is 1.73 bits per heavy atom. The molecule has 2 heterocycles. The van der Waals surface area contributed by atoms with Gasteiger partial charge >= 0.3 is 0 Å². The van der Waals surface area contributed by atoms with Gasteiger partial charge < -0.3 is 5.11 Å². The summed E-state index contributed by atoms with van der Waals surface area (Å²) in [4.78, 5) is 6.50. The third kappa shape index (κ3) is 3.86. The summed E-state index contributed by atoms with van der Waals surface area (Å²) in [6.45, 7) is 3.02. The number of benzene rings is 1. The first kappa shape index (κ1) is 15.5. The number of piperidine rings is 1. The molecule has 2 aromatic rings. The third-order valence-corrected chi connectivity index (χ3v) is 4.70. The zero-order valence-corrected chi connectivity index (χ0v) is 13.3. The summed E-state index contributed by atoms with van der Waals surface area (Å²) >= 11 is 5.91. The molecule has 0 amide bonds. The summed E-state index contributed by atoms with van der Waals surface area (Å²) < 4.78 is 0. The normalized spacial score (nSPS) is 18.3. The summed E-state index contributed by atoms with van der Waals surface area (Å²) in [7, 11) is 0. The summed E-state index contributed by atoms with van der Waals surface area (Å²) in [5, 5.41) is 11.3. The Labute approximate surface area is 136 Å². The molecule has 1 fully saturated rings. The number of hydrogen-bond acceptors (Lipinski definition) is 3. The lowest BCUT2D eigenvalue weighted by molar-refractivity contribution is 0.0568. The fraction of sp³-hybridized carbons (Fsp3) is 0.389. The lowest BCUT2D eigenvalue weighted by Gasteiger charge is -2.34. The molecule has 116 valence electrons. The van der Waals surface area contributed by atoms with Crippen molar-refractivity contribution in [1.29, 1.82) is 0 Å². The van der Waals surface area contributed by atoms with Gasteiger partial charge in [0.25, 0.3) is 0 Å². The van der Waals surface area contributed by atoms with Crippen LogP contribution in [0.4, 0.5) is 0 Å². The Balaban J connectivity index is 1.54. The van der Waals surface area contributed by atoms with E-state index in [-0.39, 0.29) is 6.10 Å². The minimum atomic E-state index is -0.389. The summed E-state index contributed by atoms with van der Waals surface area (Å²) in [6.07, 6.45) is 5.34. The maximum atomic E-state index is 10.5. The van der Waals surface area contributed by atoms with E-state index in [9.17, 15) is 5.11 Å². The highest BCUT2D eigenvalue weighted by Crippen LogP contribution is 2.31. The van der Waals surface area contributed by atoms with E-state index in [1.165, 1.54) is 5.56 Å². The molecule has 0 unspecified atom stereocenters. The Hall–Kier alpha value is -1.42. The lowest BCUT2D eigenvalue weighted by atomic mass is 9.87. The van der Waals surface area contributed by atoms with Gasteiger partial charge in [-0.3, -0.25) is 9.88 Å². The first-order valence-electron chi connectivity index (χ1n) is 7.77. The average molecular weight is 317 g/mol. The van der Waals surface area contributed by atoms with Crippen LogP contribution in [-0.2, 0) is 6.54 Å². The van der Waals surface area contributed by atoms with Gasteiger partial charge in [-0.05, 0) is 67.2 Å². The van der Waals surface area contributed by atoms with Crippen LogP contribution in [0.25, 0.3) is 0 Å². The van der Waals surface area contributed by atoms with Crippen molar-refractivity contribution < 1.29 is 5.11 Å². The number of pyridine rings is 1. The van der Waals surface area contributed by atoms with E-state index in [4.69, 9.17) is 11.6 Å². The highest BCUT2D eigenvalue weighted by molar-refractivity contribution is 6.30. The number of aromatic nitrogens is 1. The lowest BCUT2D eigenvalue weighted by Crippen LogP contribution is -2.35. The second-order valence-electron chi connectivity index (χ2n) is 5.97. The van der Waals surface area contributed by atoms with Crippen LogP contribution in [0.5, 0.6) is 0 Å². The second-order valence-corrected chi connectivity index (χ2v) is 6.40. The molecule has 3 nitrogen and oxygen atoms in total. The van der Waals surface area contributed by atoms with Gasteiger partial charge in [-0.2, -0.15) is 0 Å². The number of aliphatic hydroxyl groups is 1. The molecule has 0 radical (unpaired) electrons. The quantitative estimate of drug-likeness (QED) is 0.934. The van der Waals surface area contributed by atoms with Crippen LogP contribution in [0.2, 0.25) is 5.02 Å². The van der Waals surface area contributed by atoms with Crippen molar-refractivity contribution in [2.24, 2.45) is 5.92 Å². The average Bonchev–Trinajstić information content (AvgIpc) is 2.57. The number of nitrogens with zero attached hydrogens (tertiary/aromatic N) is 2. The summed E-state index contributed by atoms with van der Waals surface area (Å²) in [5.41, 5.74) is 2.27. The van der Waals surface area contributed by atoms with E-state index in [2.05, 4.69) is 22.0 Å². The van der Waals surface area contributed by atoms with Crippen molar-refractivity contribution in [2.45, 2.75) is 25.5 Å². The van der Waals surface area contributed by atoms with Crippen molar-refractivity contribution in [2.75, 3.05) is 13.1 Å². The predicted molar refractivity (Wildman–Crippen MR) is 88.6 cm³/mol. The minimum Gasteiger partial charge on any atom is -0.388 e. The van der Waals surface area contributed by atoms with Crippen molar-refractivity contribution in [1.82, 2.24) is 9.88 Å². The molecule has 1 atom stereocenters. The molecule has 1 aliphatic heterocycles. The number of halogens is 1. The van der Waals surface area contributed by atoms with E-state index >= 15 is 0 Å². The van der Waals surface area contributed by atoms with Crippen LogP contribution >= 0.6 is 11.6 Å². The number of hydrogen-bond donors (Lipinski definition) is 1. The fourth-order valence-electron chi connectivity index (χ4n) is 3.11. The molecule has 4 heteroatoms. The Kier molecular flexibility index (Phi) is 5.08. The molecule has 1 N–H and O–H groups in total. The van der Waals surface area contributed by atoms with E-state index < -0.39 is 0 Å². The molecule has 0 spiro atoms. The van der Waals surface area contributed by atoms with Gasteiger partial charge in [-0.25, -0.2) is 0 Å². The van der Waals surface area contributed by atoms with Gasteiger partial charge in [-0.1, -0.05) is 23.7 Å². The Bertz CT molecular complexity index is 580. The zero-order valence-electron chi connectivity index (χ0n) is 12.5. The minimum absolute atomic E-state index is 0.329. The molecular formula is C18H21ClN2O. The molecule has 1 aromatic carbocycles. The number of aliphatic hydroxyl groups excluding tert-OH is 1. The maximum Gasteiger partial charge on any atom is 0.0819 e. The van der Waals surface area contributed by atoms with Crippen LogP contribution in [0.1, 0.15) is 30.1 Å². The van der Waals surface area contributed by atoms with E-state index in [1.54, 1.807) is 0 Å². The van der Waals surface area contributed by atoms with Crippen molar-refractivity contribution >= 4 is 11.6 Å². The third-order valence-electron chi connectivity index (χ3n) is 4.45. The maximum absolute atomic E-state index is 10.5. The van der Waals surface area contributed by atoms with Crippen LogP contribution in [0, 0.1) is 5.92 Å². The zero-order chi connectivity index (χ0) is 15.4. The van der Waals surface area contributed by atoms with E-state index in [0.717, 1.165) is 38.0 Å².